The summed E-state index contributed by atoms with van der Waals surface area (Å²) in [5, 5.41) is 7.92. The molecule has 3 N–H and O–H groups in total. The predicted molar refractivity (Wildman–Crippen MR) is 99.2 cm³/mol. The first-order valence-corrected chi connectivity index (χ1v) is 8.07. The fraction of sp³-hybridized carbons (Fsp3) is 0.263. The summed E-state index contributed by atoms with van der Waals surface area (Å²) >= 11 is 0. The quantitative estimate of drug-likeness (QED) is 0.753. The van der Waals surface area contributed by atoms with Crippen molar-refractivity contribution in [2.75, 3.05) is 24.3 Å². The van der Waals surface area contributed by atoms with Crippen molar-refractivity contribution < 1.29 is 14.3 Å². The van der Waals surface area contributed by atoms with Crippen LogP contribution in [0.1, 0.15) is 17.5 Å². The van der Waals surface area contributed by atoms with Crippen molar-refractivity contribution in [2.24, 2.45) is 0 Å². The summed E-state index contributed by atoms with van der Waals surface area (Å²) in [6, 6.07) is 12.5. The van der Waals surface area contributed by atoms with E-state index in [2.05, 4.69) is 16.0 Å². The molecule has 0 aliphatic carbocycles. The first kappa shape index (κ1) is 18.3. The minimum atomic E-state index is -0.291. The van der Waals surface area contributed by atoms with Crippen molar-refractivity contribution in [1.82, 2.24) is 5.32 Å². The van der Waals surface area contributed by atoms with Gasteiger partial charge in [-0.2, -0.15) is 0 Å². The molecule has 2 rings (SSSR count). The summed E-state index contributed by atoms with van der Waals surface area (Å²) < 4.78 is 5.69. The van der Waals surface area contributed by atoms with Crippen LogP contribution < -0.4 is 20.7 Å². The normalized spacial score (nSPS) is 10.0. The maximum absolute atomic E-state index is 12.0. The Kier molecular flexibility index (Phi) is 6.39. The van der Waals surface area contributed by atoms with Crippen LogP contribution in [0.2, 0.25) is 0 Å². The number of hydrogen-bond donors (Lipinski definition) is 3. The van der Waals surface area contributed by atoms with Crippen LogP contribution in [-0.2, 0) is 4.79 Å². The molecular weight excluding hydrogens is 318 g/mol. The van der Waals surface area contributed by atoms with Crippen LogP contribution in [0.3, 0.4) is 0 Å². The van der Waals surface area contributed by atoms with E-state index in [9.17, 15) is 9.59 Å². The largest absolute Gasteiger partial charge is 0.493 e. The van der Waals surface area contributed by atoms with Gasteiger partial charge in [0.15, 0.2) is 0 Å². The highest BCUT2D eigenvalue weighted by atomic mass is 16.5. The van der Waals surface area contributed by atoms with Gasteiger partial charge in [0, 0.05) is 18.4 Å². The molecule has 0 fully saturated rings. The zero-order valence-electron chi connectivity index (χ0n) is 14.7. The molecule has 0 bridgehead atoms. The second-order valence-electron chi connectivity index (χ2n) is 5.63. The first-order valence-electron chi connectivity index (χ1n) is 8.07. The minimum absolute atomic E-state index is 0.127. The van der Waals surface area contributed by atoms with Gasteiger partial charge >= 0.3 is 6.03 Å². The number of carbonyl (C=O) groups excluding carboxylic acids is 2. The second kappa shape index (κ2) is 8.73. The summed E-state index contributed by atoms with van der Waals surface area (Å²) in [5.74, 6) is 0.676. The molecule has 25 heavy (non-hydrogen) atoms. The lowest BCUT2D eigenvalue weighted by molar-refractivity contribution is -0.116. The van der Waals surface area contributed by atoms with Crippen molar-refractivity contribution in [3.63, 3.8) is 0 Å². The fourth-order valence-electron chi connectivity index (χ4n) is 2.19. The van der Waals surface area contributed by atoms with Crippen LogP contribution in [0.4, 0.5) is 16.2 Å². The van der Waals surface area contributed by atoms with Crippen LogP contribution in [0.15, 0.2) is 42.5 Å². The molecule has 0 unspecified atom stereocenters. The number of urea groups is 1. The van der Waals surface area contributed by atoms with Crippen molar-refractivity contribution in [3.8, 4) is 5.75 Å². The lowest BCUT2D eigenvalue weighted by Crippen LogP contribution is -2.24. The molecule has 0 aromatic heterocycles. The topological polar surface area (TPSA) is 79.5 Å². The highest BCUT2D eigenvalue weighted by molar-refractivity contribution is 5.92. The van der Waals surface area contributed by atoms with Crippen LogP contribution in [0.25, 0.3) is 0 Å². The van der Waals surface area contributed by atoms with E-state index < -0.39 is 0 Å². The van der Waals surface area contributed by atoms with Gasteiger partial charge in [0.2, 0.25) is 5.91 Å². The molecule has 0 spiro atoms. The molecule has 2 aromatic rings. The van der Waals surface area contributed by atoms with Gasteiger partial charge in [-0.3, -0.25) is 4.79 Å². The number of amides is 3. The molecule has 2 aromatic carbocycles. The smallest absolute Gasteiger partial charge is 0.318 e. The third-order valence-electron chi connectivity index (χ3n) is 3.80. The fourth-order valence-corrected chi connectivity index (χ4v) is 2.19. The standard InChI is InChI=1S/C19H23N3O3/c1-13-5-4-6-17(14(13)2)25-12-11-18(23)21-15-7-9-16(10-8-15)22-19(24)20-3/h4-10H,11-12H2,1-3H3,(H,21,23)(H2,20,22,24). The molecule has 6 heteroatoms. The molecular formula is C19H23N3O3. The summed E-state index contributed by atoms with van der Waals surface area (Å²) in [6.45, 7) is 4.34. The lowest BCUT2D eigenvalue weighted by Gasteiger charge is -2.11. The Balaban J connectivity index is 1.80. The number of benzene rings is 2. The van der Waals surface area contributed by atoms with E-state index in [1.807, 2.05) is 32.0 Å². The van der Waals surface area contributed by atoms with Crippen molar-refractivity contribution in [1.29, 1.82) is 0 Å². The molecule has 0 aliphatic heterocycles. The van der Waals surface area contributed by atoms with Gasteiger partial charge in [-0.15, -0.1) is 0 Å². The highest BCUT2D eigenvalue weighted by Crippen LogP contribution is 2.20. The molecule has 3 amide bonds. The van der Waals surface area contributed by atoms with Crippen LogP contribution in [-0.4, -0.2) is 25.6 Å². The van der Waals surface area contributed by atoms with E-state index in [-0.39, 0.29) is 18.4 Å². The Morgan fingerprint density at radius 3 is 2.24 bits per heavy atom. The van der Waals surface area contributed by atoms with Crippen LogP contribution in [0.5, 0.6) is 5.75 Å². The number of rotatable bonds is 6. The number of nitrogens with one attached hydrogen (secondary N) is 3. The molecule has 132 valence electrons. The number of aryl methyl sites for hydroxylation is 1. The molecule has 0 heterocycles. The molecule has 0 atom stereocenters. The summed E-state index contributed by atoms with van der Waals surface area (Å²) in [7, 11) is 1.55. The van der Waals surface area contributed by atoms with E-state index in [1.54, 1.807) is 31.3 Å². The molecule has 0 saturated carbocycles. The average Bonchev–Trinajstić information content (AvgIpc) is 2.60. The van der Waals surface area contributed by atoms with Crippen molar-refractivity contribution >= 4 is 23.3 Å². The highest BCUT2D eigenvalue weighted by Gasteiger charge is 2.06. The first-order chi connectivity index (χ1) is 12.0. The number of hydrogen-bond acceptors (Lipinski definition) is 3. The SMILES string of the molecule is CNC(=O)Nc1ccc(NC(=O)CCOc2cccc(C)c2C)cc1. The Morgan fingerprint density at radius 2 is 1.60 bits per heavy atom. The van der Waals surface area contributed by atoms with E-state index >= 15 is 0 Å². The Labute approximate surface area is 147 Å². The Morgan fingerprint density at radius 1 is 0.960 bits per heavy atom. The van der Waals surface area contributed by atoms with Gasteiger partial charge in [0.1, 0.15) is 5.75 Å². The van der Waals surface area contributed by atoms with E-state index in [4.69, 9.17) is 4.74 Å². The monoisotopic (exact) mass is 341 g/mol. The summed E-state index contributed by atoms with van der Waals surface area (Å²) in [6.07, 6.45) is 0.256. The van der Waals surface area contributed by atoms with Crippen LogP contribution >= 0.6 is 0 Å². The zero-order valence-corrected chi connectivity index (χ0v) is 14.7. The molecule has 6 nitrogen and oxygen atoms in total. The maximum atomic E-state index is 12.0. The van der Waals surface area contributed by atoms with E-state index in [0.717, 1.165) is 16.9 Å². The lowest BCUT2D eigenvalue weighted by atomic mass is 10.1. The van der Waals surface area contributed by atoms with Gasteiger partial charge in [0.25, 0.3) is 0 Å². The van der Waals surface area contributed by atoms with Gasteiger partial charge in [-0.25, -0.2) is 4.79 Å². The average molecular weight is 341 g/mol. The van der Waals surface area contributed by atoms with E-state index in [0.29, 0.717) is 18.0 Å². The van der Waals surface area contributed by atoms with Gasteiger partial charge < -0.3 is 20.7 Å². The zero-order chi connectivity index (χ0) is 18.2. The Hall–Kier alpha value is -3.02. The summed E-state index contributed by atoms with van der Waals surface area (Å²) in [4.78, 5) is 23.2. The van der Waals surface area contributed by atoms with Gasteiger partial charge in [0.05, 0.1) is 13.0 Å². The predicted octanol–water partition coefficient (Wildman–Crippen LogP) is 3.46. The number of carbonyl (C=O) groups is 2. The Bertz CT molecular complexity index is 742. The molecule has 0 saturated heterocycles. The van der Waals surface area contributed by atoms with Gasteiger partial charge in [-0.05, 0) is 55.3 Å². The minimum Gasteiger partial charge on any atom is -0.493 e. The maximum Gasteiger partial charge on any atom is 0.318 e. The third-order valence-corrected chi connectivity index (χ3v) is 3.80. The van der Waals surface area contributed by atoms with Crippen molar-refractivity contribution in [2.45, 2.75) is 20.3 Å². The molecule has 0 aliphatic rings. The van der Waals surface area contributed by atoms with Crippen molar-refractivity contribution in [3.05, 3.63) is 53.6 Å². The number of anilines is 2. The van der Waals surface area contributed by atoms with Crippen LogP contribution in [0, 0.1) is 13.8 Å². The second-order valence-corrected chi connectivity index (χ2v) is 5.63. The third kappa shape index (κ3) is 5.53. The summed E-state index contributed by atoms with van der Waals surface area (Å²) in [5.41, 5.74) is 3.56. The molecule has 0 radical (unpaired) electrons. The van der Waals surface area contributed by atoms with Gasteiger partial charge in [-0.1, -0.05) is 12.1 Å². The van der Waals surface area contributed by atoms with E-state index in [1.165, 1.54) is 0 Å². The number of ether oxygens (including phenoxy) is 1.